The summed E-state index contributed by atoms with van der Waals surface area (Å²) in [7, 11) is 0. The van der Waals surface area contributed by atoms with Crippen molar-refractivity contribution in [2.75, 3.05) is 23.8 Å². The summed E-state index contributed by atoms with van der Waals surface area (Å²) in [6.45, 7) is 5.43. The lowest BCUT2D eigenvalue weighted by Crippen LogP contribution is -2.11. The van der Waals surface area contributed by atoms with E-state index in [1.807, 2.05) is 32.0 Å². The molecule has 0 bridgehead atoms. The number of aliphatic hydroxyl groups is 1. The van der Waals surface area contributed by atoms with Crippen molar-refractivity contribution in [1.82, 2.24) is 25.0 Å². The minimum Gasteiger partial charge on any atom is -0.396 e. The Hall–Kier alpha value is -2.74. The van der Waals surface area contributed by atoms with Crippen LogP contribution in [-0.2, 0) is 6.54 Å². The van der Waals surface area contributed by atoms with E-state index in [-0.39, 0.29) is 12.6 Å². The van der Waals surface area contributed by atoms with E-state index in [9.17, 15) is 0 Å². The lowest BCUT2D eigenvalue weighted by atomic mass is 10.2. The van der Waals surface area contributed by atoms with E-state index in [4.69, 9.17) is 5.11 Å². The van der Waals surface area contributed by atoms with E-state index < -0.39 is 0 Å². The number of benzene rings is 1. The number of hydrogen-bond acceptors (Lipinski definition) is 7. The summed E-state index contributed by atoms with van der Waals surface area (Å²) < 4.78 is 1.78. The first-order chi connectivity index (χ1) is 12.2. The molecular formula is C17H23N7O. The Balaban J connectivity index is 1.91. The third-order valence-electron chi connectivity index (χ3n) is 3.73. The normalized spacial score (nSPS) is 11.2. The van der Waals surface area contributed by atoms with Crippen LogP contribution in [0.5, 0.6) is 0 Å². The van der Waals surface area contributed by atoms with Crippen molar-refractivity contribution in [1.29, 1.82) is 0 Å². The molecule has 0 unspecified atom stereocenters. The van der Waals surface area contributed by atoms with Crippen LogP contribution in [0, 0.1) is 0 Å². The highest BCUT2D eigenvalue weighted by atomic mass is 16.3. The zero-order valence-corrected chi connectivity index (χ0v) is 14.5. The second-order valence-corrected chi connectivity index (χ2v) is 6.04. The van der Waals surface area contributed by atoms with Crippen LogP contribution in [0.4, 0.5) is 11.8 Å². The van der Waals surface area contributed by atoms with Crippen LogP contribution in [0.15, 0.2) is 30.3 Å². The Kier molecular flexibility index (Phi) is 5.39. The van der Waals surface area contributed by atoms with Gasteiger partial charge in [0.15, 0.2) is 17.0 Å². The van der Waals surface area contributed by atoms with Crippen molar-refractivity contribution in [3.63, 3.8) is 0 Å². The van der Waals surface area contributed by atoms with Gasteiger partial charge in [-0.15, -0.1) is 5.10 Å². The van der Waals surface area contributed by atoms with Crippen LogP contribution in [0.1, 0.15) is 31.9 Å². The molecule has 0 saturated heterocycles. The molecule has 0 aliphatic heterocycles. The van der Waals surface area contributed by atoms with Crippen molar-refractivity contribution in [3.05, 3.63) is 35.9 Å². The van der Waals surface area contributed by atoms with Gasteiger partial charge < -0.3 is 15.7 Å². The van der Waals surface area contributed by atoms with Gasteiger partial charge in [-0.2, -0.15) is 9.97 Å². The molecule has 0 fully saturated rings. The van der Waals surface area contributed by atoms with E-state index in [1.54, 1.807) is 4.68 Å². The van der Waals surface area contributed by atoms with E-state index >= 15 is 0 Å². The molecule has 0 aliphatic carbocycles. The van der Waals surface area contributed by atoms with E-state index in [2.05, 4.69) is 43.0 Å². The second kappa shape index (κ2) is 7.89. The topological polar surface area (TPSA) is 101 Å². The van der Waals surface area contributed by atoms with Gasteiger partial charge in [0, 0.05) is 19.7 Å². The van der Waals surface area contributed by atoms with Gasteiger partial charge in [-0.1, -0.05) is 35.5 Å². The van der Waals surface area contributed by atoms with Gasteiger partial charge in [0.1, 0.15) is 0 Å². The van der Waals surface area contributed by atoms with Gasteiger partial charge in [-0.05, 0) is 25.8 Å². The third kappa shape index (κ3) is 4.03. The average molecular weight is 341 g/mol. The standard InChI is InChI=1S/C17H23N7O/c1-12(2)24-16-14(22-23-24)15(19-11-13-7-4-3-5-8-13)20-17(21-16)18-9-6-10-25/h3-5,7-8,12,25H,6,9-11H2,1-2H3,(H2,18,19,20,21). The van der Waals surface area contributed by atoms with Crippen LogP contribution in [0.3, 0.4) is 0 Å². The number of rotatable bonds is 8. The van der Waals surface area contributed by atoms with Gasteiger partial charge in [0.2, 0.25) is 5.95 Å². The predicted molar refractivity (Wildman–Crippen MR) is 97.5 cm³/mol. The summed E-state index contributed by atoms with van der Waals surface area (Å²) in [6, 6.07) is 10.2. The minimum absolute atomic E-state index is 0.125. The number of hydrogen-bond donors (Lipinski definition) is 3. The van der Waals surface area contributed by atoms with Crippen molar-refractivity contribution in [3.8, 4) is 0 Å². The zero-order valence-electron chi connectivity index (χ0n) is 14.5. The maximum absolute atomic E-state index is 8.95. The number of anilines is 2. The summed E-state index contributed by atoms with van der Waals surface area (Å²) >= 11 is 0. The Labute approximate surface area is 146 Å². The third-order valence-corrected chi connectivity index (χ3v) is 3.73. The predicted octanol–water partition coefficient (Wildman–Crippen LogP) is 2.21. The molecule has 25 heavy (non-hydrogen) atoms. The Bertz CT molecular complexity index is 816. The van der Waals surface area contributed by atoms with Gasteiger partial charge in [-0.3, -0.25) is 0 Å². The molecule has 132 valence electrons. The van der Waals surface area contributed by atoms with Crippen LogP contribution >= 0.6 is 0 Å². The second-order valence-electron chi connectivity index (χ2n) is 6.04. The molecule has 8 nitrogen and oxygen atoms in total. The van der Waals surface area contributed by atoms with Gasteiger partial charge in [-0.25, -0.2) is 4.68 Å². The van der Waals surface area contributed by atoms with Crippen LogP contribution in [0.25, 0.3) is 11.2 Å². The van der Waals surface area contributed by atoms with Crippen LogP contribution in [0.2, 0.25) is 0 Å². The molecule has 0 radical (unpaired) electrons. The monoisotopic (exact) mass is 341 g/mol. The fourth-order valence-corrected chi connectivity index (χ4v) is 2.44. The molecule has 0 amide bonds. The highest BCUT2D eigenvalue weighted by Gasteiger charge is 2.16. The van der Waals surface area contributed by atoms with Gasteiger partial charge >= 0.3 is 0 Å². The fourth-order valence-electron chi connectivity index (χ4n) is 2.44. The number of nitrogens with zero attached hydrogens (tertiary/aromatic N) is 5. The molecule has 1 aromatic carbocycles. The first kappa shape index (κ1) is 17.1. The molecule has 2 heterocycles. The number of aliphatic hydroxyl groups excluding tert-OH is 1. The summed E-state index contributed by atoms with van der Waals surface area (Å²) in [4.78, 5) is 9.07. The van der Waals surface area contributed by atoms with E-state index in [0.29, 0.717) is 42.4 Å². The molecule has 3 rings (SSSR count). The first-order valence-corrected chi connectivity index (χ1v) is 8.44. The first-order valence-electron chi connectivity index (χ1n) is 8.44. The molecule has 2 aromatic heterocycles. The maximum Gasteiger partial charge on any atom is 0.226 e. The highest BCUT2D eigenvalue weighted by Crippen LogP contribution is 2.22. The summed E-state index contributed by atoms with van der Waals surface area (Å²) in [6.07, 6.45) is 0.635. The Morgan fingerprint density at radius 1 is 1.12 bits per heavy atom. The maximum atomic E-state index is 8.95. The van der Waals surface area contributed by atoms with E-state index in [1.165, 1.54) is 0 Å². The number of nitrogens with one attached hydrogen (secondary N) is 2. The summed E-state index contributed by atoms with van der Waals surface area (Å²) in [5.41, 5.74) is 2.49. The van der Waals surface area contributed by atoms with Gasteiger partial charge in [0.05, 0.1) is 6.04 Å². The Morgan fingerprint density at radius 2 is 1.92 bits per heavy atom. The number of fused-ring (bicyclic) bond motifs is 1. The van der Waals surface area contributed by atoms with Gasteiger partial charge in [0.25, 0.3) is 0 Å². The largest absolute Gasteiger partial charge is 0.396 e. The van der Waals surface area contributed by atoms with Crippen molar-refractivity contribution >= 4 is 22.9 Å². The molecule has 3 N–H and O–H groups in total. The fraction of sp³-hybridized carbons (Fsp3) is 0.412. The average Bonchev–Trinajstić information content (AvgIpc) is 3.05. The lowest BCUT2D eigenvalue weighted by molar-refractivity contribution is 0.292. The van der Waals surface area contributed by atoms with Crippen LogP contribution < -0.4 is 10.6 Å². The SMILES string of the molecule is CC(C)n1nnc2c(NCc3ccccc3)nc(NCCCO)nc21. The molecule has 0 aliphatic rings. The molecule has 0 saturated carbocycles. The van der Waals surface area contributed by atoms with Crippen molar-refractivity contribution in [2.45, 2.75) is 32.9 Å². The number of aromatic nitrogens is 5. The molecule has 8 heteroatoms. The van der Waals surface area contributed by atoms with E-state index in [0.717, 1.165) is 5.56 Å². The van der Waals surface area contributed by atoms with Crippen molar-refractivity contribution < 1.29 is 5.11 Å². The zero-order chi connectivity index (χ0) is 17.6. The van der Waals surface area contributed by atoms with Crippen molar-refractivity contribution in [2.24, 2.45) is 0 Å². The summed E-state index contributed by atoms with van der Waals surface area (Å²) in [5, 5.41) is 23.9. The summed E-state index contributed by atoms with van der Waals surface area (Å²) in [5.74, 6) is 1.15. The molecule has 0 spiro atoms. The van der Waals surface area contributed by atoms with Crippen LogP contribution in [-0.4, -0.2) is 43.2 Å². The quantitative estimate of drug-likeness (QED) is 0.540. The Morgan fingerprint density at radius 3 is 2.64 bits per heavy atom. The highest BCUT2D eigenvalue weighted by molar-refractivity contribution is 5.83. The minimum atomic E-state index is 0.125. The lowest BCUT2D eigenvalue weighted by Gasteiger charge is -2.11. The molecule has 0 atom stereocenters. The molecular weight excluding hydrogens is 318 g/mol. The molecule has 3 aromatic rings. The smallest absolute Gasteiger partial charge is 0.226 e.